The molecule has 0 fully saturated rings. The molecule has 0 unspecified atom stereocenters. The second-order valence-corrected chi connectivity index (χ2v) is 4.26. The van der Waals surface area contributed by atoms with Crippen LogP contribution >= 0.6 is 0 Å². The third kappa shape index (κ3) is 2.59. The molecule has 0 bridgehead atoms. The minimum Gasteiger partial charge on any atom is -0.397 e. The van der Waals surface area contributed by atoms with Crippen LogP contribution in [-0.2, 0) is 0 Å². The summed E-state index contributed by atoms with van der Waals surface area (Å²) in [6, 6.07) is 5.91. The minimum absolute atomic E-state index is 0.148. The minimum atomic E-state index is -1.29. The van der Waals surface area contributed by atoms with Gasteiger partial charge in [0.25, 0.3) is 5.91 Å². The molecular formula is C14H11F3N2O. The molecule has 0 saturated heterocycles. The Morgan fingerprint density at radius 3 is 2.45 bits per heavy atom. The molecule has 0 radical (unpaired) electrons. The lowest BCUT2D eigenvalue weighted by Gasteiger charge is -2.10. The van der Waals surface area contributed by atoms with Crippen molar-refractivity contribution in [2.75, 3.05) is 11.1 Å². The Balaban J connectivity index is 2.35. The lowest BCUT2D eigenvalue weighted by Crippen LogP contribution is -2.16. The predicted octanol–water partition coefficient (Wildman–Crippen LogP) is 3.25. The number of halogens is 3. The van der Waals surface area contributed by atoms with Crippen LogP contribution in [0.15, 0.2) is 30.3 Å². The van der Waals surface area contributed by atoms with E-state index in [9.17, 15) is 18.0 Å². The summed E-state index contributed by atoms with van der Waals surface area (Å²) in [5.74, 6) is -4.10. The van der Waals surface area contributed by atoms with Gasteiger partial charge in [-0.05, 0) is 36.8 Å². The molecule has 0 aliphatic rings. The second kappa shape index (κ2) is 5.24. The van der Waals surface area contributed by atoms with Gasteiger partial charge in [0, 0.05) is 0 Å². The normalized spacial score (nSPS) is 10.4. The van der Waals surface area contributed by atoms with E-state index in [0.29, 0.717) is 5.56 Å². The number of rotatable bonds is 2. The van der Waals surface area contributed by atoms with Gasteiger partial charge in [-0.2, -0.15) is 0 Å². The van der Waals surface area contributed by atoms with E-state index in [0.717, 1.165) is 12.1 Å². The molecule has 2 rings (SSSR count). The molecule has 3 nitrogen and oxygen atoms in total. The number of anilines is 2. The van der Waals surface area contributed by atoms with Crippen LogP contribution in [0.4, 0.5) is 24.5 Å². The highest BCUT2D eigenvalue weighted by Crippen LogP contribution is 2.25. The van der Waals surface area contributed by atoms with Crippen molar-refractivity contribution in [1.29, 1.82) is 0 Å². The van der Waals surface area contributed by atoms with Gasteiger partial charge in [0.1, 0.15) is 11.5 Å². The van der Waals surface area contributed by atoms with Gasteiger partial charge >= 0.3 is 0 Å². The number of amides is 1. The van der Waals surface area contributed by atoms with E-state index in [1.165, 1.54) is 18.2 Å². The number of benzene rings is 2. The highest BCUT2D eigenvalue weighted by atomic mass is 19.2. The number of nitrogens with two attached hydrogens (primary N) is 1. The number of hydrogen-bond donors (Lipinski definition) is 2. The Morgan fingerprint density at radius 1 is 1.10 bits per heavy atom. The molecule has 0 atom stereocenters. The Kier molecular flexibility index (Phi) is 3.65. The molecule has 104 valence electrons. The highest BCUT2D eigenvalue weighted by Gasteiger charge is 2.17. The first-order valence-electron chi connectivity index (χ1n) is 5.71. The lowest BCUT2D eigenvalue weighted by molar-refractivity contribution is 0.102. The molecule has 1 amide bonds. The maximum absolute atomic E-state index is 13.6. The fourth-order valence-corrected chi connectivity index (χ4v) is 1.68. The van der Waals surface area contributed by atoms with E-state index in [1.54, 1.807) is 6.92 Å². The number of nitrogen functional groups attached to an aromatic ring is 1. The molecule has 0 aromatic heterocycles. The van der Waals surface area contributed by atoms with Crippen molar-refractivity contribution in [3.63, 3.8) is 0 Å². The van der Waals surface area contributed by atoms with Gasteiger partial charge in [0.2, 0.25) is 0 Å². The van der Waals surface area contributed by atoms with Crippen LogP contribution in [0.2, 0.25) is 0 Å². The van der Waals surface area contributed by atoms with E-state index in [1.807, 2.05) is 0 Å². The monoisotopic (exact) mass is 280 g/mol. The van der Waals surface area contributed by atoms with Crippen molar-refractivity contribution >= 4 is 17.3 Å². The summed E-state index contributed by atoms with van der Waals surface area (Å²) in [7, 11) is 0. The number of carbonyl (C=O) groups is 1. The largest absolute Gasteiger partial charge is 0.397 e. The van der Waals surface area contributed by atoms with Crippen LogP contribution in [0.3, 0.4) is 0 Å². The molecule has 2 aromatic carbocycles. The molecule has 3 N–H and O–H groups in total. The van der Waals surface area contributed by atoms with Gasteiger partial charge in [-0.3, -0.25) is 4.79 Å². The molecule has 20 heavy (non-hydrogen) atoms. The summed E-state index contributed by atoms with van der Waals surface area (Å²) < 4.78 is 40.3. The van der Waals surface area contributed by atoms with E-state index in [-0.39, 0.29) is 11.3 Å². The van der Waals surface area contributed by atoms with Crippen LogP contribution in [0, 0.1) is 24.4 Å². The SMILES string of the molecule is Cc1ccc(C(=O)Nc2c(N)ccc(F)c2F)c(F)c1. The van der Waals surface area contributed by atoms with Gasteiger partial charge in [-0.15, -0.1) is 0 Å². The van der Waals surface area contributed by atoms with Crippen molar-refractivity contribution in [2.45, 2.75) is 6.92 Å². The summed E-state index contributed by atoms with van der Waals surface area (Å²) in [4.78, 5) is 11.9. The van der Waals surface area contributed by atoms with E-state index >= 15 is 0 Å². The van der Waals surface area contributed by atoms with Crippen molar-refractivity contribution < 1.29 is 18.0 Å². The van der Waals surface area contributed by atoms with E-state index in [2.05, 4.69) is 5.32 Å². The Hall–Kier alpha value is -2.50. The van der Waals surface area contributed by atoms with Crippen LogP contribution in [-0.4, -0.2) is 5.91 Å². The maximum Gasteiger partial charge on any atom is 0.258 e. The van der Waals surface area contributed by atoms with Crippen molar-refractivity contribution in [3.8, 4) is 0 Å². The summed E-state index contributed by atoms with van der Waals surface area (Å²) in [5, 5.41) is 2.08. The van der Waals surface area contributed by atoms with Crippen molar-refractivity contribution in [2.24, 2.45) is 0 Å². The zero-order valence-electron chi connectivity index (χ0n) is 10.5. The second-order valence-electron chi connectivity index (χ2n) is 4.26. The Morgan fingerprint density at radius 2 is 1.80 bits per heavy atom. The van der Waals surface area contributed by atoms with Gasteiger partial charge < -0.3 is 11.1 Å². The molecule has 0 heterocycles. The third-order valence-electron chi connectivity index (χ3n) is 2.73. The first-order valence-corrected chi connectivity index (χ1v) is 5.71. The quantitative estimate of drug-likeness (QED) is 0.830. The van der Waals surface area contributed by atoms with Gasteiger partial charge in [-0.1, -0.05) is 6.07 Å². The predicted molar refractivity (Wildman–Crippen MR) is 69.9 cm³/mol. The van der Waals surface area contributed by atoms with Crippen LogP contribution in [0.1, 0.15) is 15.9 Å². The molecule has 0 spiro atoms. The summed E-state index contributed by atoms with van der Waals surface area (Å²) in [6.07, 6.45) is 0. The molecule has 2 aromatic rings. The first kappa shape index (κ1) is 13.9. The maximum atomic E-state index is 13.6. The highest BCUT2D eigenvalue weighted by molar-refractivity contribution is 6.06. The van der Waals surface area contributed by atoms with Crippen LogP contribution in [0.5, 0.6) is 0 Å². The molecule has 0 saturated carbocycles. The first-order chi connectivity index (χ1) is 9.40. The standard InChI is InChI=1S/C14H11F3N2O/c1-7-2-3-8(10(16)6-7)14(20)19-13-11(18)5-4-9(15)12(13)17/h2-6H,18H2,1H3,(H,19,20). The fraction of sp³-hybridized carbons (Fsp3) is 0.0714. The average molecular weight is 280 g/mol. The van der Waals surface area contributed by atoms with E-state index < -0.39 is 29.0 Å². The zero-order chi connectivity index (χ0) is 14.9. The van der Waals surface area contributed by atoms with Crippen LogP contribution < -0.4 is 11.1 Å². The van der Waals surface area contributed by atoms with Crippen molar-refractivity contribution in [3.05, 3.63) is 58.9 Å². The third-order valence-corrected chi connectivity index (χ3v) is 2.73. The number of carbonyl (C=O) groups excluding carboxylic acids is 1. The summed E-state index contributed by atoms with van der Waals surface area (Å²) in [5.41, 5.74) is 5.17. The summed E-state index contributed by atoms with van der Waals surface area (Å²) in [6.45, 7) is 1.66. The number of aryl methyl sites for hydroxylation is 1. The molecule has 6 heteroatoms. The van der Waals surface area contributed by atoms with Gasteiger partial charge in [0.05, 0.1) is 11.3 Å². The number of hydrogen-bond acceptors (Lipinski definition) is 2. The summed E-state index contributed by atoms with van der Waals surface area (Å²) >= 11 is 0. The molecular weight excluding hydrogens is 269 g/mol. The fourth-order valence-electron chi connectivity index (χ4n) is 1.68. The number of nitrogens with one attached hydrogen (secondary N) is 1. The molecule has 0 aliphatic heterocycles. The zero-order valence-corrected chi connectivity index (χ0v) is 10.5. The average Bonchev–Trinajstić information content (AvgIpc) is 2.39. The lowest BCUT2D eigenvalue weighted by atomic mass is 10.1. The smallest absolute Gasteiger partial charge is 0.258 e. The van der Waals surface area contributed by atoms with Gasteiger partial charge in [0.15, 0.2) is 11.6 Å². The van der Waals surface area contributed by atoms with Crippen LogP contribution in [0.25, 0.3) is 0 Å². The Bertz CT molecular complexity index is 686. The molecule has 0 aliphatic carbocycles. The Labute approximate surface area is 113 Å². The van der Waals surface area contributed by atoms with Crippen molar-refractivity contribution in [1.82, 2.24) is 0 Å². The van der Waals surface area contributed by atoms with Gasteiger partial charge in [-0.25, -0.2) is 13.2 Å². The topological polar surface area (TPSA) is 55.1 Å². The van der Waals surface area contributed by atoms with E-state index in [4.69, 9.17) is 5.73 Å².